The number of nitrogens with one attached hydrogen (secondary N) is 1. The van der Waals surface area contributed by atoms with E-state index in [1.807, 2.05) is 77.6 Å². The molecule has 1 aliphatic heterocycles. The lowest BCUT2D eigenvalue weighted by atomic mass is 10.1. The molecule has 0 radical (unpaired) electrons. The van der Waals surface area contributed by atoms with Crippen molar-refractivity contribution in [3.8, 4) is 22.7 Å². The number of phenolic OH excluding ortho intramolecular Hbond substituents is 1. The molecule has 1 aromatic heterocycles. The Morgan fingerprint density at radius 1 is 0.938 bits per heavy atom. The van der Waals surface area contributed by atoms with Crippen molar-refractivity contribution in [3.63, 3.8) is 0 Å². The first-order chi connectivity index (χ1) is 15.7. The molecule has 0 bridgehead atoms. The predicted octanol–water partition coefficient (Wildman–Crippen LogP) is 5.77. The van der Waals surface area contributed by atoms with E-state index in [1.165, 1.54) is 0 Å². The highest BCUT2D eigenvalue weighted by Gasteiger charge is 2.24. The van der Waals surface area contributed by atoms with Gasteiger partial charge in [0.1, 0.15) is 11.6 Å². The van der Waals surface area contributed by atoms with Gasteiger partial charge in [-0.25, -0.2) is 9.67 Å². The van der Waals surface area contributed by atoms with Crippen LogP contribution in [-0.4, -0.2) is 26.0 Å². The van der Waals surface area contributed by atoms with Gasteiger partial charge in [-0.2, -0.15) is 5.10 Å². The number of para-hydroxylation sites is 1. The predicted molar refractivity (Wildman–Crippen MR) is 128 cm³/mol. The number of nitrogens with zero attached hydrogens (tertiary/aromatic N) is 3. The molecule has 2 heterocycles. The van der Waals surface area contributed by atoms with Crippen molar-refractivity contribution in [3.05, 3.63) is 102 Å². The molecule has 1 amide bonds. The summed E-state index contributed by atoms with van der Waals surface area (Å²) in [5, 5.41) is 16.9. The van der Waals surface area contributed by atoms with E-state index < -0.39 is 0 Å². The summed E-state index contributed by atoms with van der Waals surface area (Å²) < 4.78 is 1.83. The Hall–Kier alpha value is -4.10. The van der Waals surface area contributed by atoms with Crippen LogP contribution in [0.1, 0.15) is 5.56 Å². The molecule has 7 heteroatoms. The molecule has 0 spiro atoms. The van der Waals surface area contributed by atoms with E-state index in [0.717, 1.165) is 34.3 Å². The number of aromatic hydroxyl groups is 1. The van der Waals surface area contributed by atoms with Gasteiger partial charge in [0.2, 0.25) is 0 Å². The van der Waals surface area contributed by atoms with Crippen LogP contribution in [0.2, 0.25) is 0 Å². The van der Waals surface area contributed by atoms with Crippen molar-refractivity contribution < 1.29 is 9.90 Å². The van der Waals surface area contributed by atoms with Crippen LogP contribution in [0.5, 0.6) is 5.75 Å². The SMILES string of the molecule is O=C1NC(=Nc2ccc(O)cc2)C(=Cc2cn(-c3ccccc3)nc2-c2ccccc2)S1. The Labute approximate surface area is 188 Å². The van der Waals surface area contributed by atoms with Crippen molar-refractivity contribution in [2.45, 2.75) is 0 Å². The van der Waals surface area contributed by atoms with Gasteiger partial charge >= 0.3 is 0 Å². The van der Waals surface area contributed by atoms with Crippen LogP contribution >= 0.6 is 11.8 Å². The van der Waals surface area contributed by atoms with E-state index >= 15 is 0 Å². The number of aromatic nitrogens is 2. The number of thioether (sulfide) groups is 1. The number of carbonyl (C=O) groups is 1. The summed E-state index contributed by atoms with van der Waals surface area (Å²) in [4.78, 5) is 17.4. The molecule has 1 aliphatic rings. The van der Waals surface area contributed by atoms with Crippen molar-refractivity contribution in [2.24, 2.45) is 4.99 Å². The molecule has 2 N–H and O–H groups in total. The highest BCUT2D eigenvalue weighted by Crippen LogP contribution is 2.32. The molecule has 0 unspecified atom stereocenters. The van der Waals surface area contributed by atoms with E-state index in [9.17, 15) is 9.90 Å². The fourth-order valence-corrected chi connectivity index (χ4v) is 4.06. The monoisotopic (exact) mass is 438 g/mol. The number of phenols is 1. The zero-order valence-corrected chi connectivity index (χ0v) is 17.7. The standard InChI is InChI=1S/C25H18N4O2S/c30-21-13-11-19(12-14-21)26-24-22(32-25(31)27-24)15-18-16-29(20-9-5-2-6-10-20)28-23(18)17-7-3-1-4-8-17/h1-16,30H,(H,26,27,31). The smallest absolute Gasteiger partial charge is 0.289 e. The van der Waals surface area contributed by atoms with Gasteiger partial charge in [0.15, 0.2) is 0 Å². The van der Waals surface area contributed by atoms with Crippen LogP contribution in [0.3, 0.4) is 0 Å². The molecule has 5 rings (SSSR count). The van der Waals surface area contributed by atoms with Gasteiger partial charge in [-0.1, -0.05) is 48.5 Å². The molecular weight excluding hydrogens is 420 g/mol. The van der Waals surface area contributed by atoms with Crippen LogP contribution in [-0.2, 0) is 0 Å². The molecule has 0 aliphatic carbocycles. The highest BCUT2D eigenvalue weighted by atomic mass is 32.2. The average Bonchev–Trinajstić information content (AvgIpc) is 3.40. The van der Waals surface area contributed by atoms with Gasteiger partial charge in [-0.15, -0.1) is 0 Å². The van der Waals surface area contributed by atoms with E-state index in [-0.39, 0.29) is 11.0 Å². The number of aliphatic imine (C=N–C) groups is 1. The molecule has 1 fully saturated rings. The van der Waals surface area contributed by atoms with Crippen molar-refractivity contribution in [1.29, 1.82) is 0 Å². The third-order valence-electron chi connectivity index (χ3n) is 4.84. The summed E-state index contributed by atoms with van der Waals surface area (Å²) in [5.41, 5.74) is 4.24. The Bertz CT molecular complexity index is 1330. The summed E-state index contributed by atoms with van der Waals surface area (Å²) in [7, 11) is 0. The molecule has 6 nitrogen and oxygen atoms in total. The van der Waals surface area contributed by atoms with Gasteiger partial charge in [0.05, 0.1) is 22.0 Å². The van der Waals surface area contributed by atoms with Gasteiger partial charge in [-0.3, -0.25) is 4.79 Å². The molecule has 156 valence electrons. The zero-order valence-electron chi connectivity index (χ0n) is 16.8. The molecule has 4 aromatic rings. The number of hydrogen-bond donors (Lipinski definition) is 2. The molecular formula is C25H18N4O2S. The first kappa shape index (κ1) is 19.8. The maximum Gasteiger partial charge on any atom is 0.289 e. The van der Waals surface area contributed by atoms with Gasteiger partial charge < -0.3 is 10.4 Å². The summed E-state index contributed by atoms with van der Waals surface area (Å²) in [5.74, 6) is 0.632. The largest absolute Gasteiger partial charge is 0.508 e. The minimum Gasteiger partial charge on any atom is -0.508 e. The van der Waals surface area contributed by atoms with Gasteiger partial charge in [0.25, 0.3) is 5.24 Å². The number of hydrogen-bond acceptors (Lipinski definition) is 5. The highest BCUT2D eigenvalue weighted by molar-refractivity contribution is 8.18. The Balaban J connectivity index is 1.60. The zero-order chi connectivity index (χ0) is 21.9. The van der Waals surface area contributed by atoms with Crippen molar-refractivity contribution in [2.75, 3.05) is 0 Å². The quantitative estimate of drug-likeness (QED) is 0.424. The molecule has 0 atom stereocenters. The average molecular weight is 439 g/mol. The van der Waals surface area contributed by atoms with Crippen molar-refractivity contribution in [1.82, 2.24) is 15.1 Å². The third-order valence-corrected chi connectivity index (χ3v) is 5.66. The van der Waals surface area contributed by atoms with Crippen LogP contribution < -0.4 is 5.32 Å². The van der Waals surface area contributed by atoms with Crippen molar-refractivity contribution >= 4 is 34.6 Å². The molecule has 32 heavy (non-hydrogen) atoms. The Morgan fingerprint density at radius 3 is 2.34 bits per heavy atom. The maximum atomic E-state index is 12.1. The molecule has 1 saturated heterocycles. The molecule has 3 aromatic carbocycles. The lowest BCUT2D eigenvalue weighted by Crippen LogP contribution is -2.18. The third kappa shape index (κ3) is 4.19. The Kier molecular flexibility index (Phi) is 5.31. The number of benzene rings is 3. The first-order valence-corrected chi connectivity index (χ1v) is 10.8. The topological polar surface area (TPSA) is 79.5 Å². The summed E-state index contributed by atoms with van der Waals surface area (Å²) in [6, 6.07) is 26.3. The fourth-order valence-electron chi connectivity index (χ4n) is 3.34. The van der Waals surface area contributed by atoms with Crippen LogP contribution in [0, 0.1) is 0 Å². The van der Waals surface area contributed by atoms with Gasteiger partial charge in [0, 0.05) is 17.3 Å². The number of rotatable bonds is 4. The first-order valence-electron chi connectivity index (χ1n) is 9.95. The van der Waals surface area contributed by atoms with E-state index in [4.69, 9.17) is 5.10 Å². The Morgan fingerprint density at radius 2 is 1.62 bits per heavy atom. The lowest BCUT2D eigenvalue weighted by molar-refractivity contribution is 0.265. The van der Waals surface area contributed by atoms with Crippen LogP contribution in [0.4, 0.5) is 10.5 Å². The number of carbonyl (C=O) groups excluding carboxylic acids is 1. The normalized spacial score (nSPS) is 15.9. The second kappa shape index (κ2) is 8.56. The molecule has 0 saturated carbocycles. The maximum absolute atomic E-state index is 12.1. The van der Waals surface area contributed by atoms with Gasteiger partial charge in [-0.05, 0) is 54.2 Å². The second-order valence-corrected chi connectivity index (χ2v) is 8.09. The van der Waals surface area contributed by atoms with E-state index in [0.29, 0.717) is 16.4 Å². The minimum absolute atomic E-state index is 0.162. The number of amides is 1. The van der Waals surface area contributed by atoms with E-state index in [1.54, 1.807) is 24.3 Å². The van der Waals surface area contributed by atoms with E-state index in [2.05, 4.69) is 10.3 Å². The van der Waals surface area contributed by atoms with Crippen LogP contribution in [0.25, 0.3) is 23.0 Å². The fraction of sp³-hybridized carbons (Fsp3) is 0. The summed E-state index contributed by atoms with van der Waals surface area (Å²) in [6.07, 6.45) is 3.88. The summed E-state index contributed by atoms with van der Waals surface area (Å²) >= 11 is 1.09. The minimum atomic E-state index is -0.189. The summed E-state index contributed by atoms with van der Waals surface area (Å²) in [6.45, 7) is 0. The second-order valence-electron chi connectivity index (χ2n) is 7.08. The number of amidine groups is 1. The van der Waals surface area contributed by atoms with Crippen LogP contribution in [0.15, 0.2) is 101 Å². The lowest BCUT2D eigenvalue weighted by Gasteiger charge is -2.01.